The number of rotatable bonds is 3. The maximum Gasteiger partial charge on any atom is 0.258 e. The highest BCUT2D eigenvalue weighted by molar-refractivity contribution is 6.58. The first-order valence-electron chi connectivity index (χ1n) is 15.0. The van der Waals surface area contributed by atoms with Crippen molar-refractivity contribution < 1.29 is 50.6 Å². The van der Waals surface area contributed by atoms with Gasteiger partial charge in [0.05, 0.1) is 11.8 Å². The van der Waals surface area contributed by atoms with Crippen LogP contribution in [0.4, 0.5) is 32.0 Å². The quantitative estimate of drug-likeness (QED) is 0.104. The number of aromatic hydroxyl groups is 1. The molecule has 4 fully saturated rings. The van der Waals surface area contributed by atoms with E-state index in [2.05, 4.69) is 0 Å². The van der Waals surface area contributed by atoms with Crippen molar-refractivity contribution in [2.75, 3.05) is 4.90 Å². The molecule has 0 spiro atoms. The SMILES string of the molecule is O=C1[C@H]2[C@H](CC=C3[C@H]2C[C@@]2(Cl)C(=O)N(c4c(F)c(F)c(F)c(F)c4F)C(=O)[C@@]2(Cl)[C@H]3c2cccc(F)c2O)C(=O)N1C1CCCCC1. The Bertz CT molecular complexity index is 1810. The van der Waals surface area contributed by atoms with E-state index in [9.17, 15) is 41.8 Å². The first kappa shape index (κ1) is 32.0. The van der Waals surface area contributed by atoms with Gasteiger partial charge in [-0.15, -0.1) is 23.2 Å². The van der Waals surface area contributed by atoms with Gasteiger partial charge in [0, 0.05) is 17.5 Å². The normalized spacial score (nSPS) is 32.5. The van der Waals surface area contributed by atoms with E-state index in [0.717, 1.165) is 37.5 Å². The molecule has 2 heterocycles. The van der Waals surface area contributed by atoms with Crippen molar-refractivity contribution in [3.05, 3.63) is 70.3 Å². The van der Waals surface area contributed by atoms with Gasteiger partial charge in [-0.3, -0.25) is 24.1 Å². The number of para-hydroxylation sites is 1. The second-order valence-electron chi connectivity index (χ2n) is 12.7. The number of phenolic OH excluding ortho intramolecular Hbond substituents is 1. The molecule has 2 saturated carbocycles. The van der Waals surface area contributed by atoms with Crippen LogP contribution in [0.5, 0.6) is 5.75 Å². The van der Waals surface area contributed by atoms with E-state index in [1.165, 1.54) is 11.0 Å². The Morgan fingerprint density at radius 3 is 2.04 bits per heavy atom. The maximum atomic E-state index is 15.1. The number of alkyl halides is 2. The molecular formula is C32H24Cl2F6N2O5. The summed E-state index contributed by atoms with van der Waals surface area (Å²) in [6.45, 7) is 0. The minimum Gasteiger partial charge on any atom is -0.505 e. The summed E-state index contributed by atoms with van der Waals surface area (Å²) in [4.78, 5) is 51.5. The van der Waals surface area contributed by atoms with E-state index < -0.39 is 110 Å². The smallest absolute Gasteiger partial charge is 0.258 e. The second kappa shape index (κ2) is 10.7. The van der Waals surface area contributed by atoms with Crippen LogP contribution in [0.2, 0.25) is 0 Å². The number of imide groups is 2. The fourth-order valence-corrected chi connectivity index (χ4v) is 9.33. The molecule has 248 valence electrons. The lowest BCUT2D eigenvalue weighted by Gasteiger charge is -2.50. The van der Waals surface area contributed by atoms with E-state index in [0.29, 0.717) is 12.8 Å². The number of carbonyl (C=O) groups excluding carboxylic acids is 4. The molecule has 15 heteroatoms. The fraction of sp³-hybridized carbons (Fsp3) is 0.438. The van der Waals surface area contributed by atoms with Gasteiger partial charge in [-0.1, -0.05) is 43.0 Å². The number of anilines is 1. The zero-order valence-electron chi connectivity index (χ0n) is 24.1. The van der Waals surface area contributed by atoms with Gasteiger partial charge in [-0.05, 0) is 37.7 Å². The third-order valence-electron chi connectivity index (χ3n) is 10.5. The summed E-state index contributed by atoms with van der Waals surface area (Å²) in [7, 11) is 0. The number of benzene rings is 2. The molecule has 2 aromatic carbocycles. The van der Waals surface area contributed by atoms with Gasteiger partial charge in [0.2, 0.25) is 17.6 Å². The minimum atomic E-state index is -2.85. The van der Waals surface area contributed by atoms with Gasteiger partial charge in [-0.2, -0.15) is 0 Å². The van der Waals surface area contributed by atoms with Gasteiger partial charge < -0.3 is 5.11 Å². The molecule has 5 aliphatic rings. The predicted molar refractivity (Wildman–Crippen MR) is 153 cm³/mol. The zero-order chi connectivity index (χ0) is 33.9. The Morgan fingerprint density at radius 1 is 0.787 bits per heavy atom. The van der Waals surface area contributed by atoms with Gasteiger partial charge in [0.25, 0.3) is 11.8 Å². The van der Waals surface area contributed by atoms with E-state index >= 15 is 8.78 Å². The third-order valence-corrected chi connectivity index (χ3v) is 11.9. The number of hydrogen-bond donors (Lipinski definition) is 1. The molecule has 4 amide bonds. The molecular weight excluding hydrogens is 677 g/mol. The van der Waals surface area contributed by atoms with Crippen LogP contribution in [0, 0.1) is 52.7 Å². The third kappa shape index (κ3) is 4.01. The fourth-order valence-electron chi connectivity index (χ4n) is 8.40. The van der Waals surface area contributed by atoms with Crippen LogP contribution in [-0.4, -0.2) is 49.4 Å². The molecule has 2 aliphatic heterocycles. The number of hydrogen-bond acceptors (Lipinski definition) is 5. The van der Waals surface area contributed by atoms with Crippen LogP contribution in [0.25, 0.3) is 0 Å². The number of fused-ring (bicyclic) bond motifs is 4. The van der Waals surface area contributed by atoms with Crippen molar-refractivity contribution >= 4 is 52.5 Å². The summed E-state index contributed by atoms with van der Waals surface area (Å²) in [5, 5.41) is 10.9. The van der Waals surface area contributed by atoms with Gasteiger partial charge in [0.15, 0.2) is 44.6 Å². The lowest BCUT2D eigenvalue weighted by atomic mass is 9.56. The Balaban J connectivity index is 1.43. The van der Waals surface area contributed by atoms with Crippen molar-refractivity contribution in [1.82, 2.24) is 4.90 Å². The van der Waals surface area contributed by atoms with Gasteiger partial charge in [-0.25, -0.2) is 31.2 Å². The average molecular weight is 701 g/mol. The van der Waals surface area contributed by atoms with Crippen molar-refractivity contribution in [3.8, 4) is 5.75 Å². The maximum absolute atomic E-state index is 15.1. The largest absolute Gasteiger partial charge is 0.505 e. The number of likely N-dealkylation sites (tertiary alicyclic amines) is 1. The number of amides is 4. The molecule has 47 heavy (non-hydrogen) atoms. The monoisotopic (exact) mass is 700 g/mol. The minimum absolute atomic E-state index is 0.0391. The van der Waals surface area contributed by atoms with Crippen LogP contribution >= 0.6 is 23.2 Å². The molecule has 6 atom stereocenters. The Hall–Kier alpha value is -3.58. The first-order chi connectivity index (χ1) is 22.2. The topological polar surface area (TPSA) is 95.0 Å². The summed E-state index contributed by atoms with van der Waals surface area (Å²) in [5.41, 5.74) is -2.18. The molecule has 0 aromatic heterocycles. The molecule has 2 aromatic rings. The van der Waals surface area contributed by atoms with Crippen molar-refractivity contribution in [2.24, 2.45) is 17.8 Å². The number of carbonyl (C=O) groups is 4. The average Bonchev–Trinajstić information content (AvgIpc) is 3.39. The van der Waals surface area contributed by atoms with Crippen LogP contribution < -0.4 is 4.90 Å². The lowest BCUT2D eigenvalue weighted by Crippen LogP contribution is -2.60. The molecule has 7 rings (SSSR count). The van der Waals surface area contributed by atoms with Gasteiger partial charge in [0.1, 0.15) is 5.69 Å². The highest BCUT2D eigenvalue weighted by Gasteiger charge is 2.77. The number of nitrogens with zero attached hydrogens (tertiary/aromatic N) is 2. The number of allylic oxidation sites excluding steroid dienone is 2. The highest BCUT2D eigenvalue weighted by atomic mass is 35.5. The molecule has 2 saturated heterocycles. The molecule has 0 unspecified atom stereocenters. The van der Waals surface area contributed by atoms with Crippen molar-refractivity contribution in [1.29, 1.82) is 0 Å². The van der Waals surface area contributed by atoms with Crippen LogP contribution in [0.15, 0.2) is 29.8 Å². The second-order valence-corrected chi connectivity index (χ2v) is 14.0. The van der Waals surface area contributed by atoms with Crippen LogP contribution in [0.3, 0.4) is 0 Å². The molecule has 3 aliphatic carbocycles. The summed E-state index contributed by atoms with van der Waals surface area (Å²) < 4.78 is 87.7. The Kier molecular flexibility index (Phi) is 7.29. The molecule has 0 bridgehead atoms. The zero-order valence-corrected chi connectivity index (χ0v) is 25.7. The van der Waals surface area contributed by atoms with E-state index in [1.807, 2.05) is 0 Å². The first-order valence-corrected chi connectivity index (χ1v) is 15.8. The summed E-state index contributed by atoms with van der Waals surface area (Å²) in [6, 6.07) is 2.83. The Labute approximate surface area is 273 Å². The van der Waals surface area contributed by atoms with Crippen LogP contribution in [0.1, 0.15) is 56.4 Å². The summed E-state index contributed by atoms with van der Waals surface area (Å²) in [6.07, 6.45) is 4.51. The lowest BCUT2D eigenvalue weighted by molar-refractivity contribution is -0.143. The number of phenols is 1. The van der Waals surface area contributed by atoms with E-state index in [1.54, 1.807) is 0 Å². The highest BCUT2D eigenvalue weighted by Crippen LogP contribution is 2.67. The predicted octanol–water partition coefficient (Wildman–Crippen LogP) is 6.12. The van der Waals surface area contributed by atoms with Gasteiger partial charge >= 0.3 is 0 Å². The van der Waals surface area contributed by atoms with E-state index in [-0.39, 0.29) is 28.5 Å². The summed E-state index contributed by atoms with van der Waals surface area (Å²) >= 11 is 14.0. The standard InChI is InChI=1S/C32H24Cl2F6N2O5/c33-31-11-16-13(9-10-14-18(16)28(45)41(27(14)44)12-5-2-1-3-6-12)19(15-7-4-8-17(35)26(15)43)32(31,34)30(47)42(29(31)46)25-23(39)21(37)20(36)22(38)24(25)40/h4,7-9,12,14,16,18-19,43H,1-3,5-6,10-11H2/t14-,16+,18-,19+,31+,32-/m0/s1. The van der Waals surface area contributed by atoms with Crippen molar-refractivity contribution in [2.45, 2.75) is 66.7 Å². The molecule has 1 N–H and O–H groups in total. The van der Waals surface area contributed by atoms with Crippen molar-refractivity contribution in [3.63, 3.8) is 0 Å². The molecule has 7 nitrogen and oxygen atoms in total. The van der Waals surface area contributed by atoms with Crippen LogP contribution in [-0.2, 0) is 19.2 Å². The molecule has 0 radical (unpaired) electrons. The van der Waals surface area contributed by atoms with E-state index in [4.69, 9.17) is 23.2 Å². The number of halogens is 8. The Morgan fingerprint density at radius 2 is 1.40 bits per heavy atom. The summed E-state index contributed by atoms with van der Waals surface area (Å²) in [5.74, 6) is -23.9.